The molecule has 0 fully saturated rings. The average Bonchev–Trinajstić information content (AvgIpc) is 2.32. The van der Waals surface area contributed by atoms with Gasteiger partial charge >= 0.3 is 12.2 Å². The van der Waals surface area contributed by atoms with Crippen LogP contribution in [-0.4, -0.2) is 30.4 Å². The van der Waals surface area contributed by atoms with Crippen LogP contribution in [0.25, 0.3) is 0 Å². The maximum absolute atomic E-state index is 11.8. The lowest BCUT2D eigenvalue weighted by Crippen LogP contribution is -2.42. The monoisotopic (exact) mass is 330 g/mol. The van der Waals surface area contributed by atoms with Crippen molar-refractivity contribution in [1.29, 1.82) is 0 Å². The highest BCUT2D eigenvalue weighted by molar-refractivity contribution is 6.35. The minimum atomic E-state index is -4.49. The van der Waals surface area contributed by atoms with E-state index >= 15 is 0 Å². The number of hydrogen-bond donors (Lipinski definition) is 3. The normalized spacial score (nSPS) is 12.9. The van der Waals surface area contributed by atoms with Crippen LogP contribution in [0.1, 0.15) is 11.7 Å². The highest BCUT2D eigenvalue weighted by atomic mass is 35.5. The van der Waals surface area contributed by atoms with Gasteiger partial charge in [0.1, 0.15) is 6.54 Å². The summed E-state index contributed by atoms with van der Waals surface area (Å²) >= 11 is 11.5. The number of rotatable bonds is 4. The predicted octanol–water partition coefficient (Wildman–Crippen LogP) is 2.89. The van der Waals surface area contributed by atoms with Crippen molar-refractivity contribution in [1.82, 2.24) is 10.6 Å². The van der Waals surface area contributed by atoms with Gasteiger partial charge in [-0.05, 0) is 12.1 Å². The van der Waals surface area contributed by atoms with Crippen molar-refractivity contribution in [3.8, 4) is 0 Å². The first-order chi connectivity index (χ1) is 9.19. The molecule has 0 aliphatic rings. The Kier molecular flexibility index (Phi) is 5.91. The van der Waals surface area contributed by atoms with Crippen LogP contribution in [0, 0.1) is 0 Å². The summed E-state index contributed by atoms with van der Waals surface area (Å²) in [4.78, 5) is 11.1. The molecule has 1 aromatic rings. The molecule has 20 heavy (non-hydrogen) atoms. The van der Waals surface area contributed by atoms with Crippen molar-refractivity contribution in [2.75, 3.05) is 13.1 Å². The molecule has 0 unspecified atom stereocenters. The lowest BCUT2D eigenvalue weighted by molar-refractivity contribution is -0.122. The van der Waals surface area contributed by atoms with E-state index in [4.69, 9.17) is 23.2 Å². The Balaban J connectivity index is 2.47. The number of amides is 2. The number of hydrogen-bond acceptors (Lipinski definition) is 2. The fourth-order valence-corrected chi connectivity index (χ4v) is 1.85. The van der Waals surface area contributed by atoms with E-state index < -0.39 is 24.9 Å². The van der Waals surface area contributed by atoms with Crippen molar-refractivity contribution in [2.45, 2.75) is 12.3 Å². The molecule has 0 bridgehead atoms. The van der Waals surface area contributed by atoms with Crippen molar-refractivity contribution in [3.05, 3.63) is 33.8 Å². The first-order valence-electron chi connectivity index (χ1n) is 5.40. The van der Waals surface area contributed by atoms with Gasteiger partial charge in [0.2, 0.25) is 0 Å². The molecule has 9 heteroatoms. The molecule has 2 amide bonds. The zero-order chi connectivity index (χ0) is 15.3. The van der Waals surface area contributed by atoms with Crippen molar-refractivity contribution >= 4 is 29.2 Å². The van der Waals surface area contributed by atoms with Crippen molar-refractivity contribution in [2.24, 2.45) is 0 Å². The van der Waals surface area contributed by atoms with Gasteiger partial charge in [0.15, 0.2) is 0 Å². The summed E-state index contributed by atoms with van der Waals surface area (Å²) < 4.78 is 35.5. The minimum absolute atomic E-state index is 0.197. The Bertz CT molecular complexity index is 483. The summed E-state index contributed by atoms with van der Waals surface area (Å²) in [5.41, 5.74) is 0.312. The number of urea groups is 1. The molecule has 112 valence electrons. The molecular formula is C11H11Cl2F3N2O2. The van der Waals surface area contributed by atoms with Crippen molar-refractivity contribution < 1.29 is 23.1 Å². The predicted molar refractivity (Wildman–Crippen MR) is 68.9 cm³/mol. The van der Waals surface area contributed by atoms with E-state index in [1.807, 2.05) is 0 Å². The molecule has 0 spiro atoms. The Morgan fingerprint density at radius 3 is 2.50 bits per heavy atom. The molecule has 0 radical (unpaired) electrons. The third-order valence-corrected chi connectivity index (χ3v) is 2.79. The number of carbonyl (C=O) groups is 1. The van der Waals surface area contributed by atoms with Gasteiger partial charge in [-0.15, -0.1) is 0 Å². The van der Waals surface area contributed by atoms with E-state index in [-0.39, 0.29) is 11.6 Å². The maximum atomic E-state index is 11.8. The van der Waals surface area contributed by atoms with E-state index in [1.165, 1.54) is 18.2 Å². The second-order valence-electron chi connectivity index (χ2n) is 3.86. The summed E-state index contributed by atoms with van der Waals surface area (Å²) in [5, 5.41) is 14.1. The molecule has 3 N–H and O–H groups in total. The second kappa shape index (κ2) is 7.01. The largest absolute Gasteiger partial charge is 0.405 e. The van der Waals surface area contributed by atoms with Gasteiger partial charge in [0.25, 0.3) is 0 Å². The van der Waals surface area contributed by atoms with E-state index in [0.717, 1.165) is 0 Å². The molecule has 0 aliphatic heterocycles. The number of aliphatic hydroxyl groups is 1. The smallest absolute Gasteiger partial charge is 0.387 e. The first-order valence-corrected chi connectivity index (χ1v) is 6.16. The SMILES string of the molecule is O=C(NC[C@H](O)c1ccc(Cl)cc1Cl)NCC(F)(F)F. The second-order valence-corrected chi connectivity index (χ2v) is 4.70. The molecule has 1 aromatic carbocycles. The fourth-order valence-electron chi connectivity index (χ4n) is 1.31. The van der Waals surface area contributed by atoms with E-state index in [9.17, 15) is 23.1 Å². The summed E-state index contributed by atoms with van der Waals surface area (Å²) in [5.74, 6) is 0. The van der Waals surface area contributed by atoms with E-state index in [0.29, 0.717) is 10.6 Å². The maximum Gasteiger partial charge on any atom is 0.405 e. The Hall–Kier alpha value is -1.18. The van der Waals surface area contributed by atoms with Gasteiger partial charge in [0, 0.05) is 22.2 Å². The zero-order valence-electron chi connectivity index (χ0n) is 9.97. The average molecular weight is 331 g/mol. The van der Waals surface area contributed by atoms with Crippen LogP contribution < -0.4 is 10.6 Å². The van der Waals surface area contributed by atoms with Crippen LogP contribution >= 0.6 is 23.2 Å². The number of nitrogens with one attached hydrogen (secondary N) is 2. The zero-order valence-corrected chi connectivity index (χ0v) is 11.5. The molecule has 0 aromatic heterocycles. The van der Waals surface area contributed by atoms with Crippen LogP contribution in [0.2, 0.25) is 10.0 Å². The fraction of sp³-hybridized carbons (Fsp3) is 0.364. The number of halogens is 5. The number of carbonyl (C=O) groups excluding carboxylic acids is 1. The summed E-state index contributed by atoms with van der Waals surface area (Å²) in [6.07, 6.45) is -5.65. The summed E-state index contributed by atoms with van der Waals surface area (Å²) in [6, 6.07) is 3.33. The van der Waals surface area contributed by atoms with Gasteiger partial charge in [-0.1, -0.05) is 29.3 Å². The van der Waals surface area contributed by atoms with Gasteiger partial charge in [-0.2, -0.15) is 13.2 Å². The highest BCUT2D eigenvalue weighted by Crippen LogP contribution is 2.25. The molecule has 0 aliphatic carbocycles. The van der Waals surface area contributed by atoms with Crippen LogP contribution in [0.15, 0.2) is 18.2 Å². The third-order valence-electron chi connectivity index (χ3n) is 2.23. The molecule has 1 rings (SSSR count). The van der Waals surface area contributed by atoms with Gasteiger partial charge in [0.05, 0.1) is 6.10 Å². The van der Waals surface area contributed by atoms with Gasteiger partial charge in [-0.3, -0.25) is 0 Å². The minimum Gasteiger partial charge on any atom is -0.387 e. The molecule has 0 heterocycles. The number of aliphatic hydroxyl groups excluding tert-OH is 1. The number of alkyl halides is 3. The molecule has 1 atom stereocenters. The first kappa shape index (κ1) is 16.9. The molecule has 0 saturated carbocycles. The molecule has 4 nitrogen and oxygen atoms in total. The van der Waals surface area contributed by atoms with E-state index in [2.05, 4.69) is 5.32 Å². The van der Waals surface area contributed by atoms with Gasteiger partial charge < -0.3 is 15.7 Å². The van der Waals surface area contributed by atoms with Crippen LogP contribution in [0.3, 0.4) is 0 Å². The van der Waals surface area contributed by atoms with Crippen LogP contribution in [-0.2, 0) is 0 Å². The highest BCUT2D eigenvalue weighted by Gasteiger charge is 2.27. The quantitative estimate of drug-likeness (QED) is 0.794. The van der Waals surface area contributed by atoms with E-state index in [1.54, 1.807) is 5.32 Å². The summed E-state index contributed by atoms with van der Waals surface area (Å²) in [7, 11) is 0. The van der Waals surface area contributed by atoms with Crippen LogP contribution in [0.4, 0.5) is 18.0 Å². The Morgan fingerprint density at radius 1 is 1.30 bits per heavy atom. The number of benzene rings is 1. The lowest BCUT2D eigenvalue weighted by atomic mass is 10.1. The summed E-state index contributed by atoms with van der Waals surface area (Å²) in [6.45, 7) is -1.73. The Labute approximate surface area is 122 Å². The Morgan fingerprint density at radius 2 is 1.95 bits per heavy atom. The third kappa shape index (κ3) is 5.85. The lowest BCUT2D eigenvalue weighted by Gasteiger charge is -2.15. The van der Waals surface area contributed by atoms with Crippen molar-refractivity contribution in [3.63, 3.8) is 0 Å². The van der Waals surface area contributed by atoms with Crippen LogP contribution in [0.5, 0.6) is 0 Å². The standard InChI is InChI=1S/C11H11Cl2F3N2O2/c12-6-1-2-7(8(13)3-6)9(19)4-17-10(20)18-5-11(14,15)16/h1-3,9,19H,4-5H2,(H2,17,18,20)/t9-/m0/s1. The van der Waals surface area contributed by atoms with Gasteiger partial charge in [-0.25, -0.2) is 4.79 Å². The molecular weight excluding hydrogens is 320 g/mol. The topological polar surface area (TPSA) is 61.4 Å². The molecule has 0 saturated heterocycles.